The molecule has 20 heavy (non-hydrogen) atoms. The van der Waals surface area contributed by atoms with Gasteiger partial charge in [0, 0.05) is 12.8 Å². The summed E-state index contributed by atoms with van der Waals surface area (Å²) in [4.78, 5) is 0.151. The molecule has 0 bridgehead atoms. The third kappa shape index (κ3) is 3.95. The summed E-state index contributed by atoms with van der Waals surface area (Å²) in [5.74, 6) is 0.865. The summed E-state index contributed by atoms with van der Waals surface area (Å²) in [5.41, 5.74) is 0.283. The van der Waals surface area contributed by atoms with Crippen molar-refractivity contribution < 1.29 is 12.8 Å². The molecule has 0 spiro atoms. The lowest BCUT2D eigenvalue weighted by Crippen LogP contribution is -2.21. The lowest BCUT2D eigenvalue weighted by molar-refractivity contribution is 0.293. The van der Waals surface area contributed by atoms with Crippen molar-refractivity contribution in [3.05, 3.63) is 24.0 Å². The monoisotopic (exact) mass is 299 g/mol. The van der Waals surface area contributed by atoms with Crippen LogP contribution in [-0.4, -0.2) is 21.2 Å². The molecule has 0 aromatic heterocycles. The fourth-order valence-electron chi connectivity index (χ4n) is 2.87. The van der Waals surface area contributed by atoms with Gasteiger partial charge in [0.15, 0.2) is 9.84 Å². The van der Waals surface area contributed by atoms with E-state index in [2.05, 4.69) is 12.2 Å². The molecule has 1 fully saturated rings. The Hall–Kier alpha value is -1.10. The Morgan fingerprint density at radius 1 is 1.35 bits per heavy atom. The highest BCUT2D eigenvalue weighted by Gasteiger charge is 2.19. The minimum absolute atomic E-state index is 0.151. The summed E-state index contributed by atoms with van der Waals surface area (Å²) in [7, 11) is -3.30. The molecule has 1 aromatic carbocycles. The Bertz CT molecular complexity index is 571. The topological polar surface area (TPSA) is 46.2 Å². The molecule has 1 N–H and O–H groups in total. The number of nitrogens with one attached hydrogen (secondary N) is 1. The summed E-state index contributed by atoms with van der Waals surface area (Å²) in [5, 5.41) is 3.08. The standard InChI is InChI=1S/C15H22FNO2S/c1-11-4-3-5-12(8-11)10-17-15-9-13(20(2,18)19)6-7-14(15)16/h6-7,9,11-12,17H,3-5,8,10H2,1-2H3. The van der Waals surface area contributed by atoms with Gasteiger partial charge in [-0.2, -0.15) is 0 Å². The predicted molar refractivity (Wildman–Crippen MR) is 79.1 cm³/mol. The zero-order chi connectivity index (χ0) is 14.8. The Labute approximate surface area is 120 Å². The van der Waals surface area contributed by atoms with Gasteiger partial charge in [-0.1, -0.05) is 19.8 Å². The first-order valence-electron chi connectivity index (χ1n) is 7.09. The van der Waals surface area contributed by atoms with E-state index in [1.165, 1.54) is 31.0 Å². The van der Waals surface area contributed by atoms with Crippen LogP contribution in [0.2, 0.25) is 0 Å². The summed E-state index contributed by atoms with van der Waals surface area (Å²) >= 11 is 0. The van der Waals surface area contributed by atoms with Crippen molar-refractivity contribution in [1.82, 2.24) is 0 Å². The first-order valence-corrected chi connectivity index (χ1v) is 8.99. The molecule has 2 rings (SSSR count). The Kier molecular flexibility index (Phi) is 4.68. The van der Waals surface area contributed by atoms with Gasteiger partial charge in [0.2, 0.25) is 0 Å². The molecule has 1 saturated carbocycles. The average molecular weight is 299 g/mol. The smallest absolute Gasteiger partial charge is 0.175 e. The van der Waals surface area contributed by atoms with Gasteiger partial charge in [-0.15, -0.1) is 0 Å². The van der Waals surface area contributed by atoms with Crippen LogP contribution in [0.15, 0.2) is 23.1 Å². The number of rotatable bonds is 4. The van der Waals surface area contributed by atoms with Crippen molar-refractivity contribution in [2.45, 2.75) is 37.5 Å². The number of halogens is 1. The van der Waals surface area contributed by atoms with E-state index in [1.807, 2.05) is 0 Å². The van der Waals surface area contributed by atoms with E-state index in [9.17, 15) is 12.8 Å². The fraction of sp³-hybridized carbons (Fsp3) is 0.600. The van der Waals surface area contributed by atoms with Crippen LogP contribution in [0.1, 0.15) is 32.6 Å². The summed E-state index contributed by atoms with van der Waals surface area (Å²) in [6.45, 7) is 2.95. The van der Waals surface area contributed by atoms with Gasteiger partial charge in [0.25, 0.3) is 0 Å². The first-order chi connectivity index (χ1) is 9.36. The third-order valence-electron chi connectivity index (χ3n) is 3.99. The molecule has 3 nitrogen and oxygen atoms in total. The second-order valence-electron chi connectivity index (χ2n) is 5.93. The van der Waals surface area contributed by atoms with Crippen molar-refractivity contribution in [3.63, 3.8) is 0 Å². The molecule has 2 atom stereocenters. The predicted octanol–water partition coefficient (Wildman–Crippen LogP) is 3.47. The molecule has 0 saturated heterocycles. The molecular weight excluding hydrogens is 277 g/mol. The van der Waals surface area contributed by atoms with Crippen molar-refractivity contribution in [2.24, 2.45) is 11.8 Å². The van der Waals surface area contributed by atoms with Gasteiger partial charge in [0.05, 0.1) is 10.6 Å². The Morgan fingerprint density at radius 2 is 2.10 bits per heavy atom. The largest absolute Gasteiger partial charge is 0.382 e. The van der Waals surface area contributed by atoms with Crippen LogP contribution in [0.3, 0.4) is 0 Å². The molecule has 0 aliphatic heterocycles. The van der Waals surface area contributed by atoms with Gasteiger partial charge in [-0.25, -0.2) is 12.8 Å². The molecule has 1 aliphatic carbocycles. The van der Waals surface area contributed by atoms with E-state index in [1.54, 1.807) is 0 Å². The normalized spacial score (nSPS) is 23.6. The molecule has 0 radical (unpaired) electrons. The minimum Gasteiger partial charge on any atom is -0.382 e. The zero-order valence-corrected chi connectivity index (χ0v) is 12.8. The fourth-order valence-corrected chi connectivity index (χ4v) is 3.52. The Balaban J connectivity index is 2.05. The molecule has 5 heteroatoms. The lowest BCUT2D eigenvalue weighted by Gasteiger charge is -2.27. The molecule has 0 heterocycles. The summed E-state index contributed by atoms with van der Waals surface area (Å²) in [6, 6.07) is 3.90. The van der Waals surface area contributed by atoms with Crippen LogP contribution < -0.4 is 5.32 Å². The van der Waals surface area contributed by atoms with Crippen molar-refractivity contribution in [1.29, 1.82) is 0 Å². The van der Waals surface area contributed by atoms with E-state index >= 15 is 0 Å². The molecule has 1 aromatic rings. The zero-order valence-electron chi connectivity index (χ0n) is 12.0. The molecule has 112 valence electrons. The second kappa shape index (κ2) is 6.12. The minimum atomic E-state index is -3.30. The van der Waals surface area contributed by atoms with Crippen LogP contribution >= 0.6 is 0 Å². The van der Waals surface area contributed by atoms with Crippen molar-refractivity contribution >= 4 is 15.5 Å². The third-order valence-corrected chi connectivity index (χ3v) is 5.10. The first kappa shape index (κ1) is 15.3. The maximum absolute atomic E-state index is 13.7. The van der Waals surface area contributed by atoms with Crippen LogP contribution in [0, 0.1) is 17.7 Å². The van der Waals surface area contributed by atoms with E-state index in [-0.39, 0.29) is 10.6 Å². The number of sulfone groups is 1. The molecule has 2 unspecified atom stereocenters. The molecule has 0 amide bonds. The highest BCUT2D eigenvalue weighted by atomic mass is 32.2. The maximum Gasteiger partial charge on any atom is 0.175 e. The highest BCUT2D eigenvalue weighted by molar-refractivity contribution is 7.90. The number of hydrogen-bond acceptors (Lipinski definition) is 3. The lowest BCUT2D eigenvalue weighted by atomic mass is 9.82. The van der Waals surface area contributed by atoms with Gasteiger partial charge in [-0.05, 0) is 42.9 Å². The van der Waals surface area contributed by atoms with Crippen LogP contribution in [0.5, 0.6) is 0 Å². The number of hydrogen-bond donors (Lipinski definition) is 1. The van der Waals surface area contributed by atoms with E-state index in [0.717, 1.165) is 25.0 Å². The van der Waals surface area contributed by atoms with Gasteiger partial charge in [0.1, 0.15) is 5.82 Å². The van der Waals surface area contributed by atoms with Crippen molar-refractivity contribution in [3.8, 4) is 0 Å². The summed E-state index contributed by atoms with van der Waals surface area (Å²) < 4.78 is 36.7. The van der Waals surface area contributed by atoms with Gasteiger partial charge < -0.3 is 5.32 Å². The summed E-state index contributed by atoms with van der Waals surface area (Å²) in [6.07, 6.45) is 5.94. The van der Waals surface area contributed by atoms with Crippen LogP contribution in [-0.2, 0) is 9.84 Å². The van der Waals surface area contributed by atoms with Crippen LogP contribution in [0.25, 0.3) is 0 Å². The van der Waals surface area contributed by atoms with Gasteiger partial charge >= 0.3 is 0 Å². The maximum atomic E-state index is 13.7. The van der Waals surface area contributed by atoms with Crippen LogP contribution in [0.4, 0.5) is 10.1 Å². The average Bonchev–Trinajstić information content (AvgIpc) is 2.36. The van der Waals surface area contributed by atoms with Crippen molar-refractivity contribution in [2.75, 3.05) is 18.1 Å². The second-order valence-corrected chi connectivity index (χ2v) is 7.95. The Morgan fingerprint density at radius 3 is 2.75 bits per heavy atom. The van der Waals surface area contributed by atoms with Gasteiger partial charge in [-0.3, -0.25) is 0 Å². The molecular formula is C15H22FNO2S. The van der Waals surface area contributed by atoms with E-state index < -0.39 is 15.7 Å². The molecule has 1 aliphatic rings. The number of anilines is 1. The van der Waals surface area contributed by atoms with E-state index in [0.29, 0.717) is 12.5 Å². The quantitative estimate of drug-likeness (QED) is 0.866. The number of benzene rings is 1. The highest BCUT2D eigenvalue weighted by Crippen LogP contribution is 2.29. The van der Waals surface area contributed by atoms with E-state index in [4.69, 9.17) is 0 Å². The SMILES string of the molecule is CC1CCCC(CNc2cc(S(C)(=O)=O)ccc2F)C1.